The maximum Gasteiger partial charge on any atom is -0.0326 e. The van der Waals surface area contributed by atoms with Gasteiger partial charge in [-0.2, -0.15) is 0 Å². The molecule has 0 aromatic heterocycles. The second kappa shape index (κ2) is 7.14. The van der Waals surface area contributed by atoms with E-state index in [1.807, 2.05) is 0 Å². The molecule has 2 rings (SSSR count). The maximum atomic E-state index is 2.49. The van der Waals surface area contributed by atoms with Crippen molar-refractivity contribution in [1.29, 1.82) is 0 Å². The lowest BCUT2D eigenvalue weighted by Crippen LogP contribution is -2.36. The number of hydrogen-bond acceptors (Lipinski definition) is 0. The standard InChI is InChI=1S/C19H36/c1-5-15(4)13-18(14(2)3)19(17-11-8-12-17)16-9-6-7-10-16/h14-19H,5-13H2,1-4H3. The topological polar surface area (TPSA) is 0 Å². The van der Waals surface area contributed by atoms with Crippen LogP contribution in [0.4, 0.5) is 0 Å². The molecule has 0 aliphatic heterocycles. The first-order valence-electron chi connectivity index (χ1n) is 9.13. The van der Waals surface area contributed by atoms with E-state index in [9.17, 15) is 0 Å². The Morgan fingerprint density at radius 1 is 0.842 bits per heavy atom. The van der Waals surface area contributed by atoms with Crippen molar-refractivity contribution in [1.82, 2.24) is 0 Å². The molecule has 0 nitrogen and oxygen atoms in total. The molecule has 112 valence electrons. The summed E-state index contributed by atoms with van der Waals surface area (Å²) in [6.07, 6.45) is 13.6. The Kier molecular flexibility index (Phi) is 5.78. The Labute approximate surface area is 121 Å². The highest BCUT2D eigenvalue weighted by atomic mass is 14.5. The van der Waals surface area contributed by atoms with Crippen LogP contribution in [-0.2, 0) is 0 Å². The third-order valence-corrected chi connectivity index (χ3v) is 6.36. The number of rotatable bonds is 7. The zero-order valence-corrected chi connectivity index (χ0v) is 13.8. The van der Waals surface area contributed by atoms with Gasteiger partial charge in [0.25, 0.3) is 0 Å². The highest BCUT2D eigenvalue weighted by Gasteiger charge is 2.40. The van der Waals surface area contributed by atoms with Gasteiger partial charge in [-0.1, -0.05) is 79.1 Å². The largest absolute Gasteiger partial charge is 0.0651 e. The Balaban J connectivity index is 2.07. The summed E-state index contributed by atoms with van der Waals surface area (Å²) in [7, 11) is 0. The summed E-state index contributed by atoms with van der Waals surface area (Å²) in [5, 5.41) is 0. The lowest BCUT2D eigenvalue weighted by atomic mass is 9.61. The molecule has 0 heterocycles. The van der Waals surface area contributed by atoms with Crippen molar-refractivity contribution in [2.75, 3.05) is 0 Å². The molecule has 3 atom stereocenters. The minimum absolute atomic E-state index is 0.889. The van der Waals surface area contributed by atoms with Crippen molar-refractivity contribution in [3.8, 4) is 0 Å². The quantitative estimate of drug-likeness (QED) is 0.506. The van der Waals surface area contributed by atoms with Gasteiger partial charge in [-0.25, -0.2) is 0 Å². The molecule has 19 heavy (non-hydrogen) atoms. The average Bonchev–Trinajstić information content (AvgIpc) is 2.83. The summed E-state index contributed by atoms with van der Waals surface area (Å²) >= 11 is 0. The van der Waals surface area contributed by atoms with Gasteiger partial charge in [0.05, 0.1) is 0 Å². The van der Waals surface area contributed by atoms with E-state index in [1.165, 1.54) is 32.1 Å². The first-order valence-corrected chi connectivity index (χ1v) is 9.13. The van der Waals surface area contributed by atoms with Gasteiger partial charge in [-0.15, -0.1) is 0 Å². The fourth-order valence-electron chi connectivity index (χ4n) is 4.76. The van der Waals surface area contributed by atoms with Gasteiger partial charge in [0.15, 0.2) is 0 Å². The van der Waals surface area contributed by atoms with E-state index in [0.717, 1.165) is 35.5 Å². The van der Waals surface area contributed by atoms with Gasteiger partial charge >= 0.3 is 0 Å². The summed E-state index contributed by atoms with van der Waals surface area (Å²) in [6.45, 7) is 9.83. The Hall–Kier alpha value is 0. The normalized spacial score (nSPS) is 26.4. The molecule has 0 radical (unpaired) electrons. The monoisotopic (exact) mass is 264 g/mol. The van der Waals surface area contributed by atoms with Gasteiger partial charge in [-0.05, 0) is 41.9 Å². The smallest absolute Gasteiger partial charge is 0.0326 e. The van der Waals surface area contributed by atoms with Crippen LogP contribution in [0.25, 0.3) is 0 Å². The molecule has 0 amide bonds. The van der Waals surface area contributed by atoms with Gasteiger partial charge in [0.2, 0.25) is 0 Å². The van der Waals surface area contributed by atoms with Gasteiger partial charge in [0.1, 0.15) is 0 Å². The van der Waals surface area contributed by atoms with Crippen LogP contribution in [-0.4, -0.2) is 0 Å². The predicted octanol–water partition coefficient (Wildman–Crippen LogP) is 6.30. The third-order valence-electron chi connectivity index (χ3n) is 6.36. The second-order valence-corrected chi connectivity index (χ2v) is 7.97. The van der Waals surface area contributed by atoms with Crippen LogP contribution in [0, 0.1) is 35.5 Å². The highest BCUT2D eigenvalue weighted by molar-refractivity contribution is 4.90. The Morgan fingerprint density at radius 2 is 1.37 bits per heavy atom. The first-order chi connectivity index (χ1) is 9.13. The van der Waals surface area contributed by atoms with E-state index in [-0.39, 0.29) is 0 Å². The lowest BCUT2D eigenvalue weighted by Gasteiger charge is -2.45. The summed E-state index contributed by atoms with van der Waals surface area (Å²) in [5.74, 6) is 6.08. The average molecular weight is 264 g/mol. The van der Waals surface area contributed by atoms with E-state index >= 15 is 0 Å². The van der Waals surface area contributed by atoms with Crippen LogP contribution < -0.4 is 0 Å². The minimum Gasteiger partial charge on any atom is -0.0651 e. The maximum absolute atomic E-state index is 2.49. The molecule has 0 aromatic rings. The van der Waals surface area contributed by atoms with Crippen molar-refractivity contribution in [2.24, 2.45) is 35.5 Å². The molecule has 0 saturated heterocycles. The van der Waals surface area contributed by atoms with E-state index < -0.39 is 0 Å². The van der Waals surface area contributed by atoms with E-state index in [4.69, 9.17) is 0 Å². The molecule has 3 unspecified atom stereocenters. The second-order valence-electron chi connectivity index (χ2n) is 7.97. The fraction of sp³-hybridized carbons (Fsp3) is 1.00. The van der Waals surface area contributed by atoms with E-state index in [0.29, 0.717) is 0 Å². The van der Waals surface area contributed by atoms with Crippen LogP contribution in [0.1, 0.15) is 85.5 Å². The molecule has 0 heteroatoms. The summed E-state index contributed by atoms with van der Waals surface area (Å²) in [4.78, 5) is 0. The summed E-state index contributed by atoms with van der Waals surface area (Å²) in [6, 6.07) is 0. The van der Waals surface area contributed by atoms with Crippen LogP contribution in [0.15, 0.2) is 0 Å². The van der Waals surface area contributed by atoms with Crippen molar-refractivity contribution >= 4 is 0 Å². The van der Waals surface area contributed by atoms with Gasteiger partial charge < -0.3 is 0 Å². The molecular formula is C19H36. The molecule has 2 aliphatic carbocycles. The van der Waals surface area contributed by atoms with Crippen LogP contribution in [0.5, 0.6) is 0 Å². The molecule has 2 saturated carbocycles. The predicted molar refractivity (Wildman–Crippen MR) is 85.2 cm³/mol. The fourth-order valence-corrected chi connectivity index (χ4v) is 4.76. The summed E-state index contributed by atoms with van der Waals surface area (Å²) in [5.41, 5.74) is 0. The van der Waals surface area contributed by atoms with Gasteiger partial charge in [0, 0.05) is 0 Å². The van der Waals surface area contributed by atoms with Crippen molar-refractivity contribution < 1.29 is 0 Å². The molecule has 2 aliphatic rings. The van der Waals surface area contributed by atoms with Crippen molar-refractivity contribution in [3.05, 3.63) is 0 Å². The molecule has 0 N–H and O–H groups in total. The third kappa shape index (κ3) is 3.76. The van der Waals surface area contributed by atoms with Crippen molar-refractivity contribution in [2.45, 2.75) is 85.5 Å². The SMILES string of the molecule is CCC(C)CC(C(C)C)C(C1CCCC1)C1CCC1. The lowest BCUT2D eigenvalue weighted by molar-refractivity contribution is 0.0496. The van der Waals surface area contributed by atoms with Crippen LogP contribution in [0.2, 0.25) is 0 Å². The Morgan fingerprint density at radius 3 is 1.74 bits per heavy atom. The number of hydrogen-bond donors (Lipinski definition) is 0. The molecular weight excluding hydrogens is 228 g/mol. The minimum atomic E-state index is 0.889. The zero-order chi connectivity index (χ0) is 13.8. The van der Waals surface area contributed by atoms with Crippen LogP contribution in [0.3, 0.4) is 0 Å². The van der Waals surface area contributed by atoms with E-state index in [2.05, 4.69) is 27.7 Å². The van der Waals surface area contributed by atoms with Crippen LogP contribution >= 0.6 is 0 Å². The zero-order valence-electron chi connectivity index (χ0n) is 13.8. The molecule has 0 bridgehead atoms. The Bertz CT molecular complexity index is 245. The van der Waals surface area contributed by atoms with Gasteiger partial charge in [-0.3, -0.25) is 0 Å². The molecule has 2 fully saturated rings. The molecule has 0 aromatic carbocycles. The van der Waals surface area contributed by atoms with E-state index in [1.54, 1.807) is 25.7 Å². The summed E-state index contributed by atoms with van der Waals surface area (Å²) < 4.78 is 0. The highest BCUT2D eigenvalue weighted by Crippen LogP contribution is 2.49. The first kappa shape index (κ1) is 15.4. The van der Waals surface area contributed by atoms with Crippen molar-refractivity contribution in [3.63, 3.8) is 0 Å². The molecule has 0 spiro atoms.